The standard InChI is InChI=1S/C14H10F3N3O/c15-9-3-4-12(21-7-13(16)17)11(6-9)10-2-1-5-20-14(10)18-8-19-20/h1-6,8,13H,7H2. The van der Waals surface area contributed by atoms with Gasteiger partial charge in [0.15, 0.2) is 5.65 Å². The zero-order valence-corrected chi connectivity index (χ0v) is 10.7. The van der Waals surface area contributed by atoms with Crippen LogP contribution in [0.5, 0.6) is 5.75 Å². The number of hydrogen-bond acceptors (Lipinski definition) is 3. The lowest BCUT2D eigenvalue weighted by molar-refractivity contribution is 0.0821. The van der Waals surface area contributed by atoms with Crippen molar-refractivity contribution in [2.45, 2.75) is 6.43 Å². The fourth-order valence-corrected chi connectivity index (χ4v) is 2.05. The van der Waals surface area contributed by atoms with Gasteiger partial charge in [-0.1, -0.05) is 0 Å². The molecule has 0 N–H and O–H groups in total. The summed E-state index contributed by atoms with van der Waals surface area (Å²) in [6, 6.07) is 7.12. The van der Waals surface area contributed by atoms with Crippen molar-refractivity contribution in [3.05, 3.63) is 48.7 Å². The molecule has 0 saturated heterocycles. The van der Waals surface area contributed by atoms with Crippen LogP contribution in [0.1, 0.15) is 0 Å². The molecular weight excluding hydrogens is 283 g/mol. The van der Waals surface area contributed by atoms with Crippen molar-refractivity contribution < 1.29 is 17.9 Å². The minimum Gasteiger partial charge on any atom is -0.487 e. The van der Waals surface area contributed by atoms with Gasteiger partial charge in [0.05, 0.1) is 0 Å². The molecule has 0 radical (unpaired) electrons. The van der Waals surface area contributed by atoms with Crippen LogP contribution in [0.2, 0.25) is 0 Å². The number of alkyl halides is 2. The molecular formula is C14H10F3N3O. The Morgan fingerprint density at radius 2 is 2.05 bits per heavy atom. The topological polar surface area (TPSA) is 39.4 Å². The molecule has 0 bridgehead atoms. The van der Waals surface area contributed by atoms with Gasteiger partial charge < -0.3 is 4.74 Å². The van der Waals surface area contributed by atoms with E-state index in [0.29, 0.717) is 16.8 Å². The first-order valence-corrected chi connectivity index (χ1v) is 6.14. The highest BCUT2D eigenvalue weighted by Crippen LogP contribution is 2.33. The number of benzene rings is 1. The second-order valence-electron chi connectivity index (χ2n) is 4.29. The summed E-state index contributed by atoms with van der Waals surface area (Å²) < 4.78 is 44.7. The normalized spacial score (nSPS) is 11.2. The number of halogens is 3. The highest BCUT2D eigenvalue weighted by atomic mass is 19.3. The molecule has 0 saturated carbocycles. The van der Waals surface area contributed by atoms with Gasteiger partial charge in [0.1, 0.15) is 24.5 Å². The summed E-state index contributed by atoms with van der Waals surface area (Å²) in [4.78, 5) is 4.09. The van der Waals surface area contributed by atoms with Gasteiger partial charge in [-0.2, -0.15) is 5.10 Å². The van der Waals surface area contributed by atoms with Gasteiger partial charge in [0.25, 0.3) is 6.43 Å². The molecule has 7 heteroatoms. The van der Waals surface area contributed by atoms with Gasteiger partial charge in [-0.15, -0.1) is 0 Å². The average molecular weight is 293 g/mol. The fourth-order valence-electron chi connectivity index (χ4n) is 2.05. The van der Waals surface area contributed by atoms with E-state index in [1.54, 1.807) is 18.3 Å². The Morgan fingerprint density at radius 3 is 2.86 bits per heavy atom. The van der Waals surface area contributed by atoms with Crippen LogP contribution in [0.25, 0.3) is 16.8 Å². The second-order valence-corrected chi connectivity index (χ2v) is 4.29. The van der Waals surface area contributed by atoms with Gasteiger partial charge >= 0.3 is 0 Å². The molecule has 0 spiro atoms. The van der Waals surface area contributed by atoms with E-state index < -0.39 is 18.8 Å². The molecule has 2 aromatic heterocycles. The van der Waals surface area contributed by atoms with E-state index in [-0.39, 0.29) is 5.75 Å². The van der Waals surface area contributed by atoms with E-state index in [0.717, 1.165) is 6.07 Å². The van der Waals surface area contributed by atoms with Gasteiger partial charge in [-0.05, 0) is 30.3 Å². The summed E-state index contributed by atoms with van der Waals surface area (Å²) >= 11 is 0. The molecule has 21 heavy (non-hydrogen) atoms. The van der Waals surface area contributed by atoms with E-state index in [1.807, 2.05) is 0 Å². The third-order valence-corrected chi connectivity index (χ3v) is 2.90. The van der Waals surface area contributed by atoms with Crippen molar-refractivity contribution in [3.8, 4) is 16.9 Å². The van der Waals surface area contributed by atoms with E-state index in [1.165, 1.54) is 23.0 Å². The number of ether oxygens (including phenoxy) is 1. The van der Waals surface area contributed by atoms with Crippen LogP contribution < -0.4 is 4.74 Å². The van der Waals surface area contributed by atoms with Gasteiger partial charge in [0, 0.05) is 17.3 Å². The monoisotopic (exact) mass is 293 g/mol. The lowest BCUT2D eigenvalue weighted by atomic mass is 10.1. The summed E-state index contributed by atoms with van der Waals surface area (Å²) in [7, 11) is 0. The minimum absolute atomic E-state index is 0.174. The summed E-state index contributed by atoms with van der Waals surface area (Å²) in [6.45, 7) is -0.756. The molecule has 4 nitrogen and oxygen atoms in total. The SMILES string of the molecule is Fc1ccc(OCC(F)F)c(-c2cccn3ncnc23)c1. The molecule has 2 heterocycles. The second kappa shape index (κ2) is 5.43. The molecule has 0 aliphatic carbocycles. The van der Waals surface area contributed by atoms with Crippen LogP contribution in [-0.2, 0) is 0 Å². The molecule has 0 amide bonds. The summed E-state index contributed by atoms with van der Waals surface area (Å²) in [6.07, 6.45) is 0.439. The molecule has 0 fully saturated rings. The molecule has 108 valence electrons. The van der Waals surface area contributed by atoms with Crippen LogP contribution in [0.15, 0.2) is 42.9 Å². The molecule has 0 atom stereocenters. The van der Waals surface area contributed by atoms with Crippen molar-refractivity contribution in [1.29, 1.82) is 0 Å². The molecule has 0 aliphatic rings. The van der Waals surface area contributed by atoms with Crippen molar-refractivity contribution in [2.24, 2.45) is 0 Å². The van der Waals surface area contributed by atoms with Crippen LogP contribution in [0.4, 0.5) is 13.2 Å². The predicted molar refractivity (Wildman–Crippen MR) is 69.9 cm³/mol. The summed E-state index contributed by atoms with van der Waals surface area (Å²) in [5, 5.41) is 3.98. The Labute approximate surface area is 117 Å². The smallest absolute Gasteiger partial charge is 0.272 e. The third-order valence-electron chi connectivity index (χ3n) is 2.90. The number of pyridine rings is 1. The van der Waals surface area contributed by atoms with E-state index in [4.69, 9.17) is 4.74 Å². The first-order valence-electron chi connectivity index (χ1n) is 6.14. The van der Waals surface area contributed by atoms with Gasteiger partial charge in [-0.3, -0.25) is 0 Å². The van der Waals surface area contributed by atoms with E-state index >= 15 is 0 Å². The minimum atomic E-state index is -2.60. The van der Waals surface area contributed by atoms with Crippen LogP contribution in [0, 0.1) is 5.82 Å². The Bertz CT molecular complexity index is 773. The van der Waals surface area contributed by atoms with Gasteiger partial charge in [0.2, 0.25) is 0 Å². The zero-order valence-electron chi connectivity index (χ0n) is 10.7. The Hall–Kier alpha value is -2.57. The molecule has 0 unspecified atom stereocenters. The molecule has 3 rings (SSSR count). The molecule has 3 aromatic rings. The van der Waals surface area contributed by atoms with Crippen LogP contribution in [-0.4, -0.2) is 27.6 Å². The van der Waals surface area contributed by atoms with Crippen molar-refractivity contribution in [1.82, 2.24) is 14.6 Å². The highest BCUT2D eigenvalue weighted by molar-refractivity contribution is 5.81. The first kappa shape index (κ1) is 13.4. The predicted octanol–water partition coefficient (Wildman–Crippen LogP) is 3.18. The lowest BCUT2D eigenvalue weighted by Gasteiger charge is -2.12. The Balaban J connectivity index is 2.12. The average Bonchev–Trinajstić information content (AvgIpc) is 2.94. The van der Waals surface area contributed by atoms with E-state index in [2.05, 4.69) is 10.1 Å². The quantitative estimate of drug-likeness (QED) is 0.741. The summed E-state index contributed by atoms with van der Waals surface area (Å²) in [5.74, 6) is -0.316. The molecule has 0 aliphatic heterocycles. The maximum absolute atomic E-state index is 13.5. The number of fused-ring (bicyclic) bond motifs is 1. The maximum Gasteiger partial charge on any atom is 0.272 e. The first-order chi connectivity index (χ1) is 10.1. The highest BCUT2D eigenvalue weighted by Gasteiger charge is 2.14. The van der Waals surface area contributed by atoms with Crippen molar-refractivity contribution in [3.63, 3.8) is 0 Å². The number of nitrogens with zero attached hydrogens (tertiary/aromatic N) is 3. The molecule has 1 aromatic carbocycles. The van der Waals surface area contributed by atoms with Gasteiger partial charge in [-0.25, -0.2) is 22.7 Å². The van der Waals surface area contributed by atoms with Crippen LogP contribution in [0.3, 0.4) is 0 Å². The Morgan fingerprint density at radius 1 is 1.19 bits per heavy atom. The Kier molecular flexibility index (Phi) is 3.47. The fraction of sp³-hybridized carbons (Fsp3) is 0.143. The van der Waals surface area contributed by atoms with Crippen molar-refractivity contribution in [2.75, 3.05) is 6.61 Å². The largest absolute Gasteiger partial charge is 0.487 e. The number of aromatic nitrogens is 3. The van der Waals surface area contributed by atoms with Crippen molar-refractivity contribution >= 4 is 5.65 Å². The van der Waals surface area contributed by atoms with E-state index in [9.17, 15) is 13.2 Å². The number of rotatable bonds is 4. The number of hydrogen-bond donors (Lipinski definition) is 0. The third kappa shape index (κ3) is 2.67. The van der Waals surface area contributed by atoms with Crippen LogP contribution >= 0.6 is 0 Å². The zero-order chi connectivity index (χ0) is 14.8. The maximum atomic E-state index is 13.5. The summed E-state index contributed by atoms with van der Waals surface area (Å²) in [5.41, 5.74) is 1.40. The lowest BCUT2D eigenvalue weighted by Crippen LogP contribution is -2.08.